The van der Waals surface area contributed by atoms with Crippen LogP contribution in [0.5, 0.6) is 0 Å². The molecule has 14 nitrogen and oxygen atoms in total. The van der Waals surface area contributed by atoms with Crippen molar-refractivity contribution in [1.29, 1.82) is 0 Å². The number of benzene rings is 2. The van der Waals surface area contributed by atoms with Gasteiger partial charge in [0.1, 0.15) is 17.1 Å². The van der Waals surface area contributed by atoms with Gasteiger partial charge in [-0.3, -0.25) is 19.6 Å². The molecule has 332 valence electrons. The number of aliphatic hydroxyl groups excluding tert-OH is 1. The predicted octanol–water partition coefficient (Wildman–Crippen LogP) is 6.81. The van der Waals surface area contributed by atoms with E-state index in [1.807, 2.05) is 111 Å². The molecular formula is C48H58N8O6S. The van der Waals surface area contributed by atoms with E-state index in [1.165, 1.54) is 11.3 Å². The smallest absolute Gasteiger partial charge is 0.405 e. The van der Waals surface area contributed by atoms with Crippen LogP contribution in [0.15, 0.2) is 109 Å². The molecule has 5 aromatic rings. The van der Waals surface area contributed by atoms with Crippen molar-refractivity contribution in [2.45, 2.75) is 97.6 Å². The van der Waals surface area contributed by atoms with Crippen molar-refractivity contribution < 1.29 is 29.4 Å². The zero-order valence-electron chi connectivity index (χ0n) is 36.7. The van der Waals surface area contributed by atoms with Gasteiger partial charge in [0, 0.05) is 54.2 Å². The molecule has 5 N–H and O–H groups in total. The lowest BCUT2D eigenvalue weighted by Gasteiger charge is -2.38. The maximum Gasteiger partial charge on any atom is 0.405 e. The summed E-state index contributed by atoms with van der Waals surface area (Å²) in [5, 5.41) is 33.1. The molecule has 6 rings (SSSR count). The van der Waals surface area contributed by atoms with Crippen LogP contribution in [0.4, 0.5) is 9.59 Å². The molecule has 1 fully saturated rings. The first-order valence-corrected chi connectivity index (χ1v) is 22.1. The summed E-state index contributed by atoms with van der Waals surface area (Å²) < 4.78 is 0. The third-order valence-corrected chi connectivity index (χ3v) is 12.0. The monoisotopic (exact) mass is 874 g/mol. The third kappa shape index (κ3) is 12.5. The van der Waals surface area contributed by atoms with Crippen molar-refractivity contribution >= 4 is 35.3 Å². The van der Waals surface area contributed by atoms with Gasteiger partial charge in [-0.2, -0.15) is 0 Å². The van der Waals surface area contributed by atoms with Gasteiger partial charge in [-0.25, -0.2) is 14.6 Å². The van der Waals surface area contributed by atoms with Gasteiger partial charge in [0.05, 0.1) is 30.1 Å². The van der Waals surface area contributed by atoms with Crippen molar-refractivity contribution in [3.8, 4) is 21.8 Å². The molecule has 5 unspecified atom stereocenters. The highest BCUT2D eigenvalue weighted by Crippen LogP contribution is 2.30. The second-order valence-corrected chi connectivity index (χ2v) is 19.1. The maximum absolute atomic E-state index is 14.7. The van der Waals surface area contributed by atoms with Crippen LogP contribution in [-0.4, -0.2) is 102 Å². The van der Waals surface area contributed by atoms with Crippen LogP contribution in [0.3, 0.4) is 0 Å². The van der Waals surface area contributed by atoms with Crippen LogP contribution in [-0.2, 0) is 29.0 Å². The first-order valence-electron chi connectivity index (χ1n) is 21.2. The summed E-state index contributed by atoms with van der Waals surface area (Å²) in [5.41, 5.74) is 3.62. The molecule has 1 saturated heterocycles. The number of aromatic nitrogens is 3. The van der Waals surface area contributed by atoms with Crippen LogP contribution in [0, 0.1) is 10.8 Å². The fourth-order valence-electron chi connectivity index (χ4n) is 7.96. The minimum atomic E-state index is -1.34. The van der Waals surface area contributed by atoms with Crippen molar-refractivity contribution in [2.24, 2.45) is 10.8 Å². The number of hydrogen-bond acceptors (Lipinski definition) is 9. The van der Waals surface area contributed by atoms with Gasteiger partial charge in [-0.1, -0.05) is 102 Å². The first kappa shape index (κ1) is 46.3. The zero-order valence-corrected chi connectivity index (χ0v) is 37.5. The number of carbonyl (C=O) groups excluding carboxylic acids is 3. The van der Waals surface area contributed by atoms with Gasteiger partial charge >= 0.3 is 12.1 Å². The quantitative estimate of drug-likeness (QED) is 0.0669. The molecule has 0 aliphatic carbocycles. The Morgan fingerprint density at radius 1 is 0.778 bits per heavy atom. The summed E-state index contributed by atoms with van der Waals surface area (Å²) in [6, 6.07) is 23.0. The lowest BCUT2D eigenvalue weighted by atomic mass is 9.84. The Bertz CT molecular complexity index is 2300. The molecule has 0 saturated carbocycles. The predicted molar refractivity (Wildman–Crippen MR) is 244 cm³/mol. The maximum atomic E-state index is 14.7. The van der Waals surface area contributed by atoms with Crippen LogP contribution in [0.2, 0.25) is 0 Å². The molecule has 5 amide bonds. The third-order valence-electron chi connectivity index (χ3n) is 11.1. The Morgan fingerprint density at radius 2 is 1.49 bits per heavy atom. The number of pyridine rings is 2. The molecule has 4 heterocycles. The fraction of sp³-hybridized carbons (Fsp3) is 0.396. The highest BCUT2D eigenvalue weighted by molar-refractivity contribution is 7.13. The number of carbonyl (C=O) groups is 4. The zero-order chi connectivity index (χ0) is 45.3. The largest absolute Gasteiger partial charge is 0.465 e. The van der Waals surface area contributed by atoms with Crippen molar-refractivity contribution in [1.82, 2.24) is 40.7 Å². The lowest BCUT2D eigenvalue weighted by molar-refractivity contribution is -0.130. The summed E-state index contributed by atoms with van der Waals surface area (Å²) in [5.74, 6) is -0.943. The molecule has 5 atom stereocenters. The Labute approximate surface area is 373 Å². The fourth-order valence-corrected chi connectivity index (χ4v) is 8.76. The number of nitrogens with zero attached hydrogens (tertiary/aromatic N) is 5. The highest BCUT2D eigenvalue weighted by Gasteiger charge is 2.44. The second-order valence-electron chi connectivity index (χ2n) is 18.2. The van der Waals surface area contributed by atoms with Gasteiger partial charge in [-0.05, 0) is 65.5 Å². The Balaban J connectivity index is 1.23. The van der Waals surface area contributed by atoms with E-state index in [2.05, 4.69) is 25.9 Å². The summed E-state index contributed by atoms with van der Waals surface area (Å²) in [6.07, 6.45) is 3.23. The number of thiazole rings is 1. The summed E-state index contributed by atoms with van der Waals surface area (Å²) in [6.45, 7) is 12.1. The van der Waals surface area contributed by atoms with E-state index >= 15 is 0 Å². The van der Waals surface area contributed by atoms with E-state index in [1.54, 1.807) is 49.2 Å². The van der Waals surface area contributed by atoms with Crippen LogP contribution >= 0.6 is 11.3 Å². The average Bonchev–Trinajstić information content (AvgIpc) is 3.86. The van der Waals surface area contributed by atoms with Gasteiger partial charge in [-0.15, -0.1) is 11.3 Å². The number of hydrogen-bond donors (Lipinski definition) is 5. The van der Waals surface area contributed by atoms with Gasteiger partial charge in [0.25, 0.3) is 0 Å². The molecule has 0 bridgehead atoms. The minimum absolute atomic E-state index is 0.0319. The number of aliphatic hydroxyl groups is 1. The molecule has 1 aliphatic heterocycles. The van der Waals surface area contributed by atoms with E-state index in [4.69, 9.17) is 4.98 Å². The minimum Gasteiger partial charge on any atom is -0.465 e. The number of rotatable bonds is 17. The molecule has 1 aliphatic rings. The summed E-state index contributed by atoms with van der Waals surface area (Å²) in [4.78, 5) is 71.2. The Morgan fingerprint density at radius 3 is 2.13 bits per heavy atom. The second kappa shape index (κ2) is 20.3. The highest BCUT2D eigenvalue weighted by atomic mass is 32.1. The van der Waals surface area contributed by atoms with Crippen molar-refractivity contribution in [3.63, 3.8) is 0 Å². The van der Waals surface area contributed by atoms with Gasteiger partial charge in [0.2, 0.25) is 11.8 Å². The molecule has 15 heteroatoms. The van der Waals surface area contributed by atoms with E-state index in [-0.39, 0.29) is 24.8 Å². The van der Waals surface area contributed by atoms with Crippen LogP contribution in [0.25, 0.3) is 21.8 Å². The summed E-state index contributed by atoms with van der Waals surface area (Å²) in [7, 11) is 0. The van der Waals surface area contributed by atoms with E-state index in [0.29, 0.717) is 26.1 Å². The van der Waals surface area contributed by atoms with E-state index in [9.17, 15) is 29.4 Å². The van der Waals surface area contributed by atoms with Gasteiger partial charge < -0.3 is 36.0 Å². The van der Waals surface area contributed by atoms with Crippen molar-refractivity contribution in [3.05, 3.63) is 126 Å². The van der Waals surface area contributed by atoms with Crippen LogP contribution < -0.4 is 16.0 Å². The first-order chi connectivity index (χ1) is 30.0. The number of urea groups is 1. The number of amides is 5. The molecule has 0 spiro atoms. The molecule has 3 aromatic heterocycles. The lowest BCUT2D eigenvalue weighted by Crippen LogP contribution is -2.59. The SMILES string of the molecule is CC(C)(C)C(NC(=O)O)C(=O)NC(Cc1ccc(-c2ccccn2)cc1)C(O)CC(Cc1ccccc1)NC(=O)C(N1CCN(Cc2csc(-c3cccnc3)n2)C1=O)C(C)(C)C. The summed E-state index contributed by atoms with van der Waals surface area (Å²) >= 11 is 1.49. The van der Waals surface area contributed by atoms with Crippen LogP contribution in [0.1, 0.15) is 64.8 Å². The molecular weight excluding hydrogens is 817 g/mol. The normalized spacial score (nSPS) is 15.6. The number of carboxylic acid groups (broad SMARTS) is 1. The van der Waals surface area contributed by atoms with E-state index < -0.39 is 53.1 Å². The van der Waals surface area contributed by atoms with E-state index in [0.717, 1.165) is 38.6 Å². The number of nitrogens with one attached hydrogen (secondary N) is 3. The average molecular weight is 875 g/mol. The standard InChI is InChI=1S/C48H58N8O6S/c1-47(2,3)40(54-45(60)61)42(58)53-38(26-32-17-19-33(20-18-32)37-16-10-11-22-50-37)39(57)27-35(25-31-13-8-7-9-14-31)51-43(59)41(48(4,5)6)56-24-23-55(46(56)62)29-36-30-63-44(52-36)34-15-12-21-49-28-34/h7-22,28,30,35,38-41,54,57H,23-27,29H2,1-6H3,(H,51,59)(H,53,58)(H,60,61). The molecule has 0 radical (unpaired) electrons. The molecule has 2 aromatic carbocycles. The van der Waals surface area contributed by atoms with Crippen molar-refractivity contribution in [2.75, 3.05) is 13.1 Å². The molecule has 63 heavy (non-hydrogen) atoms. The Kier molecular flexibility index (Phi) is 14.9. The topological polar surface area (TPSA) is 190 Å². The Hall–Kier alpha value is -6.19. The van der Waals surface area contributed by atoms with Gasteiger partial charge in [0.15, 0.2) is 0 Å².